The largest absolute Gasteiger partial charge is 0.357 e. The van der Waals surface area contributed by atoms with Crippen LogP contribution in [0, 0.1) is 0 Å². The molecule has 0 spiro atoms. The molecule has 1 aliphatic rings. The van der Waals surface area contributed by atoms with Crippen molar-refractivity contribution in [1.29, 1.82) is 0 Å². The molecule has 2 aromatic rings. The van der Waals surface area contributed by atoms with Crippen LogP contribution < -0.4 is 10.6 Å². The number of hydrogen-bond donors (Lipinski definition) is 2. The molecule has 1 aromatic carbocycles. The van der Waals surface area contributed by atoms with Crippen LogP contribution in [0.25, 0.3) is 0 Å². The molecular formula is C20H25IN4O2S. The number of aliphatic imine (C=N–C) groups is 1. The second-order valence-corrected chi connectivity index (χ2v) is 7.40. The van der Waals surface area contributed by atoms with Gasteiger partial charge >= 0.3 is 0 Å². The van der Waals surface area contributed by atoms with E-state index in [0.29, 0.717) is 36.7 Å². The standard InChI is InChI=1S/C20H24N4O2S.HI/c1-3-14-9-10-15(27-14)13-23-20(21-4-2)22-11-12-24-18(25)16-7-5-6-8-17(16)19(24)26;/h5-10H,3-4,11-13H2,1-2H3,(H2,21,22,23);1H. The van der Waals surface area contributed by atoms with E-state index in [9.17, 15) is 9.59 Å². The molecule has 0 bridgehead atoms. The number of benzene rings is 1. The minimum Gasteiger partial charge on any atom is -0.357 e. The first-order valence-electron chi connectivity index (χ1n) is 9.19. The van der Waals surface area contributed by atoms with Gasteiger partial charge in [0.1, 0.15) is 0 Å². The SMILES string of the molecule is CCNC(=NCc1ccc(CC)s1)NCCN1C(=O)c2ccccc2C1=O.I. The van der Waals surface area contributed by atoms with Gasteiger partial charge in [0.2, 0.25) is 0 Å². The Kier molecular flexibility index (Phi) is 8.43. The third-order valence-corrected chi connectivity index (χ3v) is 5.52. The lowest BCUT2D eigenvalue weighted by atomic mass is 10.1. The highest BCUT2D eigenvalue weighted by molar-refractivity contribution is 14.0. The second kappa shape index (κ2) is 10.6. The predicted molar refractivity (Wildman–Crippen MR) is 124 cm³/mol. The number of nitrogens with one attached hydrogen (secondary N) is 2. The molecule has 6 nitrogen and oxygen atoms in total. The molecule has 150 valence electrons. The van der Waals surface area contributed by atoms with Crippen LogP contribution in [0.3, 0.4) is 0 Å². The van der Waals surface area contributed by atoms with Gasteiger partial charge in [-0.1, -0.05) is 19.1 Å². The molecule has 0 saturated carbocycles. The Bertz CT molecular complexity index is 830. The number of hydrogen-bond acceptors (Lipinski definition) is 4. The van der Waals surface area contributed by atoms with Crippen molar-refractivity contribution in [2.45, 2.75) is 26.8 Å². The molecule has 0 radical (unpaired) electrons. The van der Waals surface area contributed by atoms with E-state index in [4.69, 9.17) is 0 Å². The summed E-state index contributed by atoms with van der Waals surface area (Å²) in [6.07, 6.45) is 1.03. The van der Waals surface area contributed by atoms with E-state index in [-0.39, 0.29) is 35.8 Å². The Morgan fingerprint density at radius 2 is 1.64 bits per heavy atom. The summed E-state index contributed by atoms with van der Waals surface area (Å²) in [5.74, 6) is 0.218. The van der Waals surface area contributed by atoms with Crippen molar-refractivity contribution in [1.82, 2.24) is 15.5 Å². The Balaban J connectivity index is 0.00000280. The molecule has 2 heterocycles. The van der Waals surface area contributed by atoms with Crippen LogP contribution >= 0.6 is 35.3 Å². The predicted octanol–water partition coefficient (Wildman–Crippen LogP) is 3.28. The van der Waals surface area contributed by atoms with Crippen molar-refractivity contribution in [3.05, 3.63) is 57.3 Å². The fraction of sp³-hybridized carbons (Fsp3) is 0.350. The number of guanidine groups is 1. The molecule has 0 aliphatic carbocycles. The molecule has 2 amide bonds. The molecule has 2 N–H and O–H groups in total. The summed E-state index contributed by atoms with van der Waals surface area (Å²) in [6.45, 7) is 6.24. The van der Waals surface area contributed by atoms with E-state index >= 15 is 0 Å². The van der Waals surface area contributed by atoms with Gasteiger partial charge in [-0.15, -0.1) is 35.3 Å². The zero-order valence-corrected chi connectivity index (χ0v) is 19.2. The summed E-state index contributed by atoms with van der Waals surface area (Å²) in [5, 5.41) is 6.40. The Morgan fingerprint density at radius 1 is 1.00 bits per heavy atom. The number of amides is 2. The van der Waals surface area contributed by atoms with Crippen LogP contribution in [0.5, 0.6) is 0 Å². The molecular weight excluding hydrogens is 487 g/mol. The number of imide groups is 1. The summed E-state index contributed by atoms with van der Waals surface area (Å²) >= 11 is 1.77. The summed E-state index contributed by atoms with van der Waals surface area (Å²) in [5.41, 5.74) is 0.958. The molecule has 28 heavy (non-hydrogen) atoms. The van der Waals surface area contributed by atoms with Crippen LogP contribution in [-0.4, -0.2) is 42.3 Å². The van der Waals surface area contributed by atoms with Crippen molar-refractivity contribution >= 4 is 53.1 Å². The maximum absolute atomic E-state index is 12.4. The van der Waals surface area contributed by atoms with Crippen molar-refractivity contribution in [2.24, 2.45) is 4.99 Å². The Morgan fingerprint density at radius 3 is 2.21 bits per heavy atom. The lowest BCUT2D eigenvalue weighted by Crippen LogP contribution is -2.43. The van der Waals surface area contributed by atoms with Gasteiger partial charge in [-0.3, -0.25) is 14.5 Å². The van der Waals surface area contributed by atoms with Gasteiger partial charge in [0.25, 0.3) is 11.8 Å². The van der Waals surface area contributed by atoms with Crippen LogP contribution in [0.1, 0.15) is 44.3 Å². The molecule has 0 unspecified atom stereocenters. The number of rotatable bonds is 7. The smallest absolute Gasteiger partial charge is 0.261 e. The first-order chi connectivity index (χ1) is 13.1. The van der Waals surface area contributed by atoms with Gasteiger partial charge in [-0.05, 0) is 37.6 Å². The van der Waals surface area contributed by atoms with E-state index in [1.54, 1.807) is 35.6 Å². The Labute approximate surface area is 186 Å². The summed E-state index contributed by atoms with van der Waals surface area (Å²) in [6, 6.07) is 11.2. The lowest BCUT2D eigenvalue weighted by Gasteiger charge is -2.16. The average Bonchev–Trinajstić information content (AvgIpc) is 3.25. The van der Waals surface area contributed by atoms with E-state index in [1.165, 1.54) is 14.7 Å². The highest BCUT2D eigenvalue weighted by Gasteiger charge is 2.34. The topological polar surface area (TPSA) is 73.8 Å². The number of nitrogens with zero attached hydrogens (tertiary/aromatic N) is 2. The highest BCUT2D eigenvalue weighted by atomic mass is 127. The van der Waals surface area contributed by atoms with Gasteiger partial charge in [-0.2, -0.15) is 0 Å². The zero-order valence-electron chi connectivity index (χ0n) is 16.0. The minimum atomic E-state index is -0.231. The molecule has 1 aliphatic heterocycles. The number of fused-ring (bicyclic) bond motifs is 1. The van der Waals surface area contributed by atoms with Crippen molar-refractivity contribution in [3.8, 4) is 0 Å². The van der Waals surface area contributed by atoms with Crippen molar-refractivity contribution in [3.63, 3.8) is 0 Å². The molecule has 0 saturated heterocycles. The molecule has 0 fully saturated rings. The molecule has 0 atom stereocenters. The average molecular weight is 512 g/mol. The van der Waals surface area contributed by atoms with Crippen molar-refractivity contribution in [2.75, 3.05) is 19.6 Å². The van der Waals surface area contributed by atoms with Crippen LogP contribution in [0.15, 0.2) is 41.4 Å². The van der Waals surface area contributed by atoms with Gasteiger partial charge in [0.05, 0.1) is 17.7 Å². The van der Waals surface area contributed by atoms with E-state index in [1.807, 2.05) is 6.92 Å². The highest BCUT2D eigenvalue weighted by Crippen LogP contribution is 2.21. The number of aryl methyl sites for hydroxylation is 1. The van der Waals surface area contributed by atoms with Gasteiger partial charge < -0.3 is 10.6 Å². The number of carbonyl (C=O) groups excluding carboxylic acids is 2. The summed E-state index contributed by atoms with van der Waals surface area (Å²) in [4.78, 5) is 33.2. The normalized spacial score (nSPS) is 13.4. The first-order valence-corrected chi connectivity index (χ1v) is 10.0. The second-order valence-electron chi connectivity index (χ2n) is 6.15. The molecule has 8 heteroatoms. The fourth-order valence-electron chi connectivity index (χ4n) is 2.92. The van der Waals surface area contributed by atoms with Gasteiger partial charge in [-0.25, -0.2) is 4.99 Å². The van der Waals surface area contributed by atoms with E-state index < -0.39 is 0 Å². The third kappa shape index (κ3) is 5.11. The number of thiophene rings is 1. The quantitative estimate of drug-likeness (QED) is 0.259. The summed E-state index contributed by atoms with van der Waals surface area (Å²) < 4.78 is 0. The lowest BCUT2D eigenvalue weighted by molar-refractivity contribution is 0.0657. The molecule has 1 aromatic heterocycles. The Hall–Kier alpha value is -1.94. The van der Waals surface area contributed by atoms with Crippen LogP contribution in [0.2, 0.25) is 0 Å². The van der Waals surface area contributed by atoms with E-state index in [2.05, 4.69) is 34.7 Å². The third-order valence-electron chi connectivity index (χ3n) is 4.31. The monoisotopic (exact) mass is 512 g/mol. The maximum atomic E-state index is 12.4. The summed E-state index contributed by atoms with van der Waals surface area (Å²) in [7, 11) is 0. The van der Waals surface area contributed by atoms with Crippen LogP contribution in [-0.2, 0) is 13.0 Å². The number of halogens is 1. The van der Waals surface area contributed by atoms with Crippen LogP contribution in [0.4, 0.5) is 0 Å². The van der Waals surface area contributed by atoms with Gasteiger partial charge in [0, 0.05) is 29.4 Å². The zero-order chi connectivity index (χ0) is 19.2. The van der Waals surface area contributed by atoms with Gasteiger partial charge in [0.15, 0.2) is 5.96 Å². The first kappa shape index (κ1) is 22.4. The maximum Gasteiger partial charge on any atom is 0.261 e. The fourth-order valence-corrected chi connectivity index (χ4v) is 3.81. The molecule has 3 rings (SSSR count). The van der Waals surface area contributed by atoms with E-state index in [0.717, 1.165) is 13.0 Å². The van der Waals surface area contributed by atoms with Crippen molar-refractivity contribution < 1.29 is 9.59 Å². The minimum absolute atomic E-state index is 0. The number of carbonyl (C=O) groups is 2.